The molecule has 7 heteroatoms. The molecule has 1 aromatic carbocycles. The standard InChI is InChI=1S/C21H25N3O3S/c25-28(26)20-7-2-1-6-19(20)27-21(10-12-23(15-21)13-17-8-9-17)16-24(28)14-18-5-3-4-11-22-18/h1-7,11,17H,8-10,12-16H2/t21-/m1/s1. The predicted molar refractivity (Wildman–Crippen MR) is 105 cm³/mol. The van der Waals surface area contributed by atoms with Gasteiger partial charge < -0.3 is 4.74 Å². The molecule has 0 unspecified atom stereocenters. The summed E-state index contributed by atoms with van der Waals surface area (Å²) in [5, 5.41) is 0. The molecule has 3 aliphatic rings. The molecule has 148 valence electrons. The number of hydrogen-bond acceptors (Lipinski definition) is 5. The smallest absolute Gasteiger partial charge is 0.247 e. The zero-order valence-corrected chi connectivity index (χ0v) is 16.6. The Morgan fingerprint density at radius 3 is 2.71 bits per heavy atom. The number of likely N-dealkylation sites (tertiary alicyclic amines) is 1. The third-order valence-electron chi connectivity index (χ3n) is 5.93. The zero-order valence-electron chi connectivity index (χ0n) is 15.8. The van der Waals surface area contributed by atoms with E-state index in [0.29, 0.717) is 12.3 Å². The summed E-state index contributed by atoms with van der Waals surface area (Å²) in [5.41, 5.74) is 0.233. The quantitative estimate of drug-likeness (QED) is 0.791. The minimum atomic E-state index is -3.66. The van der Waals surface area contributed by atoms with Crippen molar-refractivity contribution in [3.05, 3.63) is 54.4 Å². The van der Waals surface area contributed by atoms with E-state index in [2.05, 4.69) is 9.88 Å². The van der Waals surface area contributed by atoms with Crippen LogP contribution in [0.1, 0.15) is 25.0 Å². The first-order valence-electron chi connectivity index (χ1n) is 9.95. The highest BCUT2D eigenvalue weighted by molar-refractivity contribution is 7.89. The summed E-state index contributed by atoms with van der Waals surface area (Å²) in [6.45, 7) is 3.43. The molecule has 1 spiro atoms. The first-order valence-corrected chi connectivity index (χ1v) is 11.4. The van der Waals surface area contributed by atoms with Crippen LogP contribution in [0.15, 0.2) is 53.6 Å². The van der Waals surface area contributed by atoms with Crippen molar-refractivity contribution in [1.82, 2.24) is 14.2 Å². The molecule has 6 nitrogen and oxygen atoms in total. The molecule has 2 fully saturated rings. The third-order valence-corrected chi connectivity index (χ3v) is 7.76. The summed E-state index contributed by atoms with van der Waals surface area (Å²) in [6, 6.07) is 12.6. The van der Waals surface area contributed by atoms with Crippen LogP contribution in [0, 0.1) is 5.92 Å². The average Bonchev–Trinajstić information content (AvgIpc) is 3.43. The van der Waals surface area contributed by atoms with Gasteiger partial charge in [-0.1, -0.05) is 18.2 Å². The molecular formula is C21H25N3O3S. The van der Waals surface area contributed by atoms with Gasteiger partial charge in [0.25, 0.3) is 0 Å². The molecule has 2 aliphatic heterocycles. The van der Waals surface area contributed by atoms with E-state index in [0.717, 1.165) is 37.7 Å². The maximum Gasteiger partial charge on any atom is 0.247 e. The fraction of sp³-hybridized carbons (Fsp3) is 0.476. The van der Waals surface area contributed by atoms with Crippen LogP contribution in [-0.4, -0.2) is 54.4 Å². The van der Waals surface area contributed by atoms with Crippen molar-refractivity contribution in [2.24, 2.45) is 5.92 Å². The van der Waals surface area contributed by atoms with Crippen LogP contribution < -0.4 is 4.74 Å². The van der Waals surface area contributed by atoms with Crippen LogP contribution >= 0.6 is 0 Å². The number of fused-ring (bicyclic) bond motifs is 1. The molecule has 0 radical (unpaired) electrons. The minimum absolute atomic E-state index is 0.253. The van der Waals surface area contributed by atoms with Crippen molar-refractivity contribution in [3.8, 4) is 5.75 Å². The molecular weight excluding hydrogens is 374 g/mol. The maximum atomic E-state index is 13.4. The maximum absolute atomic E-state index is 13.4. The number of rotatable bonds is 4. The molecule has 28 heavy (non-hydrogen) atoms. The molecule has 0 amide bonds. The van der Waals surface area contributed by atoms with Crippen molar-refractivity contribution in [2.45, 2.75) is 36.3 Å². The van der Waals surface area contributed by atoms with E-state index in [4.69, 9.17) is 4.74 Å². The van der Waals surface area contributed by atoms with Crippen molar-refractivity contribution < 1.29 is 13.2 Å². The van der Waals surface area contributed by atoms with Gasteiger partial charge in [0.15, 0.2) is 0 Å². The number of ether oxygens (including phenoxy) is 1. The Hall–Kier alpha value is -1.96. The van der Waals surface area contributed by atoms with Crippen LogP contribution in [0.3, 0.4) is 0 Å². The van der Waals surface area contributed by atoms with Crippen LogP contribution in [0.4, 0.5) is 0 Å². The normalized spacial score (nSPS) is 27.3. The lowest BCUT2D eigenvalue weighted by Crippen LogP contribution is -2.49. The van der Waals surface area contributed by atoms with Gasteiger partial charge in [0, 0.05) is 32.3 Å². The summed E-state index contributed by atoms with van der Waals surface area (Å²) in [5.74, 6) is 1.28. The van der Waals surface area contributed by atoms with Gasteiger partial charge in [-0.2, -0.15) is 4.31 Å². The van der Waals surface area contributed by atoms with Crippen LogP contribution in [-0.2, 0) is 16.6 Å². The van der Waals surface area contributed by atoms with Gasteiger partial charge >= 0.3 is 0 Å². The highest BCUT2D eigenvalue weighted by Gasteiger charge is 2.48. The Balaban J connectivity index is 1.50. The van der Waals surface area contributed by atoms with Crippen LogP contribution in [0.5, 0.6) is 5.75 Å². The SMILES string of the molecule is O=S1(=O)c2ccccc2O[C@@]2(CCN(CC3CC3)C2)CN1Cc1ccccn1. The predicted octanol–water partition coefficient (Wildman–Crippen LogP) is 2.52. The summed E-state index contributed by atoms with van der Waals surface area (Å²) in [7, 11) is -3.66. The molecule has 1 aliphatic carbocycles. The Bertz CT molecular complexity index is 962. The molecule has 1 aromatic heterocycles. The minimum Gasteiger partial charge on any atom is -0.483 e. The Kier molecular flexibility index (Phi) is 4.41. The lowest BCUT2D eigenvalue weighted by Gasteiger charge is -2.32. The second kappa shape index (κ2) is 6.83. The van der Waals surface area contributed by atoms with Crippen LogP contribution in [0.25, 0.3) is 0 Å². The topological polar surface area (TPSA) is 62.7 Å². The molecule has 3 heterocycles. The van der Waals surface area contributed by atoms with Gasteiger partial charge in [0.2, 0.25) is 10.0 Å². The Morgan fingerprint density at radius 2 is 1.93 bits per heavy atom. The molecule has 0 bridgehead atoms. The first kappa shape index (κ1) is 18.1. The van der Waals surface area contributed by atoms with E-state index < -0.39 is 15.6 Å². The Morgan fingerprint density at radius 1 is 1.11 bits per heavy atom. The van der Waals surface area contributed by atoms with Crippen molar-refractivity contribution in [2.75, 3.05) is 26.2 Å². The first-order chi connectivity index (χ1) is 13.5. The monoisotopic (exact) mass is 399 g/mol. The number of nitrogens with zero attached hydrogens (tertiary/aromatic N) is 3. The van der Waals surface area contributed by atoms with E-state index in [1.165, 1.54) is 12.8 Å². The highest BCUT2D eigenvalue weighted by atomic mass is 32.2. The number of para-hydroxylation sites is 1. The van der Waals surface area contributed by atoms with E-state index in [1.54, 1.807) is 28.7 Å². The van der Waals surface area contributed by atoms with E-state index in [1.807, 2.05) is 24.3 Å². The fourth-order valence-electron chi connectivity index (χ4n) is 4.33. The van der Waals surface area contributed by atoms with Crippen molar-refractivity contribution in [3.63, 3.8) is 0 Å². The Labute approximate surface area is 166 Å². The average molecular weight is 400 g/mol. The molecule has 1 saturated heterocycles. The summed E-state index contributed by atoms with van der Waals surface area (Å²) >= 11 is 0. The molecule has 5 rings (SSSR count). The van der Waals surface area contributed by atoms with Gasteiger partial charge in [0.1, 0.15) is 16.2 Å². The van der Waals surface area contributed by atoms with Gasteiger partial charge in [-0.05, 0) is 43.0 Å². The summed E-state index contributed by atoms with van der Waals surface area (Å²) < 4.78 is 34.9. The van der Waals surface area contributed by atoms with E-state index in [9.17, 15) is 8.42 Å². The lowest BCUT2D eigenvalue weighted by molar-refractivity contribution is 0.0572. The second-order valence-corrected chi connectivity index (χ2v) is 10.2. The van der Waals surface area contributed by atoms with Gasteiger partial charge in [-0.15, -0.1) is 0 Å². The number of hydrogen-bond donors (Lipinski definition) is 0. The van der Waals surface area contributed by atoms with Gasteiger partial charge in [-0.3, -0.25) is 9.88 Å². The number of aromatic nitrogens is 1. The second-order valence-electron chi connectivity index (χ2n) is 8.25. The van der Waals surface area contributed by atoms with Gasteiger partial charge in [0.05, 0.1) is 18.8 Å². The third kappa shape index (κ3) is 3.43. The van der Waals surface area contributed by atoms with Gasteiger partial charge in [-0.25, -0.2) is 8.42 Å². The molecule has 1 saturated carbocycles. The summed E-state index contributed by atoms with van der Waals surface area (Å²) in [4.78, 5) is 7.04. The van der Waals surface area contributed by atoms with Crippen molar-refractivity contribution in [1.29, 1.82) is 0 Å². The fourth-order valence-corrected chi connectivity index (χ4v) is 5.93. The van der Waals surface area contributed by atoms with E-state index >= 15 is 0 Å². The molecule has 1 atom stereocenters. The largest absolute Gasteiger partial charge is 0.483 e. The summed E-state index contributed by atoms with van der Waals surface area (Å²) in [6.07, 6.45) is 5.16. The number of pyridine rings is 1. The highest BCUT2D eigenvalue weighted by Crippen LogP contribution is 2.40. The zero-order chi connectivity index (χ0) is 19.2. The molecule has 2 aromatic rings. The lowest BCUT2D eigenvalue weighted by atomic mass is 10.0. The van der Waals surface area contributed by atoms with Crippen molar-refractivity contribution >= 4 is 10.0 Å². The van der Waals surface area contributed by atoms with E-state index in [-0.39, 0.29) is 11.4 Å². The number of sulfonamides is 1. The molecule has 0 N–H and O–H groups in total. The number of benzene rings is 1. The van der Waals surface area contributed by atoms with Crippen LogP contribution in [0.2, 0.25) is 0 Å².